The van der Waals surface area contributed by atoms with Gasteiger partial charge in [-0.05, 0) is 34.5 Å². The van der Waals surface area contributed by atoms with E-state index in [4.69, 9.17) is 4.74 Å². The van der Waals surface area contributed by atoms with Crippen molar-refractivity contribution >= 4 is 70.9 Å². The van der Waals surface area contributed by atoms with Gasteiger partial charge < -0.3 is 25.1 Å². The van der Waals surface area contributed by atoms with E-state index in [1.165, 1.54) is 7.05 Å². The summed E-state index contributed by atoms with van der Waals surface area (Å²) >= 11 is 0. The number of rotatable bonds is 10. The molecule has 0 aliphatic carbocycles. The molecule has 1 atom stereocenters. The first-order valence-electron chi connectivity index (χ1n) is 14.2. The minimum Gasteiger partial charge on any atom is -0.381 e. The van der Waals surface area contributed by atoms with Crippen LogP contribution in [0.25, 0.3) is 0 Å². The molecule has 2 heterocycles. The van der Waals surface area contributed by atoms with E-state index >= 15 is 4.39 Å². The smallest absolute Gasteiger partial charge is 0.254 e. The maximum Gasteiger partial charge on any atom is 0.254 e. The van der Waals surface area contributed by atoms with Crippen LogP contribution in [0.1, 0.15) is 27.0 Å². The van der Waals surface area contributed by atoms with Crippen LogP contribution in [-0.2, 0) is 32.8 Å². The van der Waals surface area contributed by atoms with Crippen LogP contribution in [0, 0.1) is 5.82 Å². The number of anilines is 1. The fourth-order valence-corrected chi connectivity index (χ4v) is 5.93. The summed E-state index contributed by atoms with van der Waals surface area (Å²) < 4.78 is 20.5. The molecule has 210 valence electrons. The number of nitrogens with one attached hydrogen (secondary N) is 2. The van der Waals surface area contributed by atoms with Gasteiger partial charge in [0, 0.05) is 55.4 Å². The molecule has 1 fully saturated rings. The van der Waals surface area contributed by atoms with Crippen molar-refractivity contribution in [3.8, 4) is 0 Å². The number of ether oxygens (including phenoxy) is 1. The highest BCUT2D eigenvalue weighted by molar-refractivity contribution is 6.60. The summed E-state index contributed by atoms with van der Waals surface area (Å²) in [5, 5.41) is 3.37. The minimum atomic E-state index is -0.924. The predicted octanol–water partition coefficient (Wildman–Crippen LogP) is -3.82. The fraction of sp³-hybridized carbons (Fsp3) is 0.423. The number of fused-ring (bicyclic) bond motifs is 1. The van der Waals surface area contributed by atoms with Crippen molar-refractivity contribution in [3.63, 3.8) is 0 Å². The van der Waals surface area contributed by atoms with Crippen LogP contribution in [-0.4, -0.2) is 114 Å². The fourth-order valence-electron chi connectivity index (χ4n) is 5.93. The van der Waals surface area contributed by atoms with Crippen molar-refractivity contribution in [2.24, 2.45) is 0 Å². The zero-order chi connectivity index (χ0) is 30.2. The van der Waals surface area contributed by atoms with E-state index in [9.17, 15) is 14.4 Å². The van der Waals surface area contributed by atoms with Gasteiger partial charge in [0.1, 0.15) is 65.2 Å². The van der Waals surface area contributed by atoms with E-state index in [2.05, 4.69) is 15.5 Å². The van der Waals surface area contributed by atoms with Gasteiger partial charge in [-0.2, -0.15) is 0 Å². The van der Waals surface area contributed by atoms with E-state index in [0.717, 1.165) is 30.5 Å². The molecule has 2 aliphatic heterocycles. The number of amides is 2. The molecule has 1 unspecified atom stereocenters. The van der Waals surface area contributed by atoms with Crippen LogP contribution in [0.3, 0.4) is 0 Å². The molecule has 0 bridgehead atoms. The topological polar surface area (TPSA) is 91.0 Å². The second kappa shape index (κ2) is 11.8. The summed E-state index contributed by atoms with van der Waals surface area (Å²) in [6, 6.07) is 9.83. The van der Waals surface area contributed by atoms with Gasteiger partial charge in [-0.25, -0.2) is 4.39 Å². The number of benzene rings is 2. The average Bonchev–Trinajstić information content (AvgIpc) is 3.14. The molecule has 2 amide bonds. The molecule has 0 radical (unpaired) electrons. The summed E-state index contributed by atoms with van der Waals surface area (Å²) in [5.74, 6) is -0.908. The monoisotopic (exact) mass is 554 g/mol. The van der Waals surface area contributed by atoms with Crippen molar-refractivity contribution in [1.29, 1.82) is 0 Å². The summed E-state index contributed by atoms with van der Waals surface area (Å²) in [6.45, 7) is 3.96. The summed E-state index contributed by atoms with van der Waals surface area (Å²) in [5.41, 5.74) is 3.35. The molecule has 8 nitrogen and oxygen atoms in total. The number of carbonyl (C=O) groups is 3. The Morgan fingerprint density at radius 1 is 1.17 bits per heavy atom. The lowest BCUT2D eigenvalue weighted by Crippen LogP contribution is -2.63. The van der Waals surface area contributed by atoms with Crippen LogP contribution in [0.4, 0.5) is 10.1 Å². The first-order chi connectivity index (χ1) is 19.3. The molecule has 2 aliphatic rings. The van der Waals surface area contributed by atoms with E-state index < -0.39 is 21.8 Å². The number of aldehydes is 1. The molecular weight excluding hydrogens is 516 g/mol. The zero-order valence-corrected chi connectivity index (χ0v) is 25.3. The quantitative estimate of drug-likeness (QED) is 0.232. The average molecular weight is 553 g/mol. The van der Waals surface area contributed by atoms with Crippen molar-refractivity contribution < 1.29 is 23.5 Å². The number of likely N-dealkylation sites (N-methyl/N-ethyl adjacent to an activating group) is 1. The van der Waals surface area contributed by atoms with Gasteiger partial charge in [0.25, 0.3) is 5.91 Å². The van der Waals surface area contributed by atoms with Crippen LogP contribution in [0.2, 0.25) is 10.4 Å². The first kappa shape index (κ1) is 31.0. The van der Waals surface area contributed by atoms with Crippen molar-refractivity contribution in [2.75, 3.05) is 38.7 Å². The molecule has 0 spiro atoms. The number of nitrogens with zero attached hydrogens (tertiary/aromatic N) is 2. The molecule has 1 saturated heterocycles. The Bertz CT molecular complexity index is 1340. The third-order valence-electron chi connectivity index (χ3n) is 9.22. The number of morpholine rings is 1. The Morgan fingerprint density at radius 3 is 2.46 bits per heavy atom. The Kier molecular flexibility index (Phi) is 8.90. The third-order valence-corrected chi connectivity index (χ3v) is 9.22. The molecular formula is C26H37B6FN4O4. The van der Waals surface area contributed by atoms with Gasteiger partial charge in [0.05, 0.1) is 13.2 Å². The van der Waals surface area contributed by atoms with Gasteiger partial charge >= 0.3 is 0 Å². The lowest BCUT2D eigenvalue weighted by molar-refractivity contribution is -0.126. The highest BCUT2D eigenvalue weighted by Crippen LogP contribution is 2.50. The lowest BCUT2D eigenvalue weighted by Gasteiger charge is -2.51. The number of carbonyl (C=O) groups excluding carboxylic acids is 3. The van der Waals surface area contributed by atoms with Crippen LogP contribution in [0.5, 0.6) is 0 Å². The molecule has 2 N–H and O–H groups in total. The van der Waals surface area contributed by atoms with Crippen molar-refractivity contribution in [1.82, 2.24) is 15.1 Å². The molecule has 41 heavy (non-hydrogen) atoms. The lowest BCUT2D eigenvalue weighted by atomic mass is 9.28. The third kappa shape index (κ3) is 5.75. The molecule has 0 saturated carbocycles. The van der Waals surface area contributed by atoms with E-state index in [-0.39, 0.29) is 24.2 Å². The van der Waals surface area contributed by atoms with Crippen LogP contribution in [0.15, 0.2) is 36.4 Å². The number of hydrogen-bond donors (Lipinski definition) is 2. The highest BCUT2D eigenvalue weighted by atomic mass is 19.1. The van der Waals surface area contributed by atoms with Crippen molar-refractivity contribution in [2.45, 2.75) is 34.9 Å². The Hall–Kier alpha value is -2.91. The van der Waals surface area contributed by atoms with Gasteiger partial charge in [0.2, 0.25) is 5.91 Å². The summed E-state index contributed by atoms with van der Waals surface area (Å²) in [7, 11) is 12.6. The maximum atomic E-state index is 15.1. The molecule has 0 aromatic heterocycles. The van der Waals surface area contributed by atoms with Crippen LogP contribution >= 0.6 is 0 Å². The maximum absolute atomic E-state index is 15.1. The first-order valence-corrected chi connectivity index (χ1v) is 14.2. The number of hydrogen-bond acceptors (Lipinski definition) is 6. The zero-order valence-electron chi connectivity index (χ0n) is 25.3. The molecule has 2 aromatic carbocycles. The largest absolute Gasteiger partial charge is 0.381 e. The van der Waals surface area contributed by atoms with E-state index in [1.807, 2.05) is 43.5 Å². The van der Waals surface area contributed by atoms with Crippen molar-refractivity contribution in [3.05, 3.63) is 64.5 Å². The summed E-state index contributed by atoms with van der Waals surface area (Å²) in [4.78, 5) is 43.3. The second-order valence-corrected chi connectivity index (χ2v) is 12.7. The van der Waals surface area contributed by atoms with E-state index in [1.54, 1.807) is 44.9 Å². The number of halogens is 1. The van der Waals surface area contributed by atoms with Gasteiger partial charge in [-0.1, -0.05) is 23.4 Å². The normalized spacial score (nSPS) is 18.0. The predicted molar refractivity (Wildman–Crippen MR) is 175 cm³/mol. The Balaban J connectivity index is 1.62. The SMILES string of the molecule is BC1(B)c2c(NCc3ccc(CN4CCOCC4)cc3F)cccc2C(=O)N1C(C(=O)NC)C(B)(B)C(B)(B)C=O. The minimum absolute atomic E-state index is 0.229. The molecule has 2 aromatic rings. The van der Waals surface area contributed by atoms with E-state index in [0.29, 0.717) is 36.6 Å². The van der Waals surface area contributed by atoms with Crippen LogP contribution < -0.4 is 10.6 Å². The Morgan fingerprint density at radius 2 is 1.85 bits per heavy atom. The van der Waals surface area contributed by atoms with Gasteiger partial charge in [0.15, 0.2) is 0 Å². The second-order valence-electron chi connectivity index (χ2n) is 12.7. The van der Waals surface area contributed by atoms with Gasteiger partial charge in [-0.3, -0.25) is 14.5 Å². The Labute approximate surface area is 247 Å². The molecule has 4 rings (SSSR count). The highest BCUT2D eigenvalue weighted by Gasteiger charge is 2.56. The standard InChI is InChI=1S/C26H37B6FN4O4/c1-34-22(39)21(25(29,30)24(27,28)14-38)37-23(40)17-3-2-4-19(20(17)26(37,31)32)35-12-16-6-5-15(11-18(16)33)13-36-7-9-41-10-8-36/h2-6,11,14,21,35H,7-10,12-13,27-32H2,1H3,(H,34,39). The summed E-state index contributed by atoms with van der Waals surface area (Å²) in [6.07, 6.45) is 0.845. The molecule has 15 heteroatoms. The van der Waals surface area contributed by atoms with Gasteiger partial charge in [-0.15, -0.1) is 0 Å².